The normalized spacial score (nSPS) is 14.8. The lowest BCUT2D eigenvalue weighted by Crippen LogP contribution is -2.36. The Bertz CT molecular complexity index is 516. The lowest BCUT2D eigenvalue weighted by molar-refractivity contribution is 0.552. The van der Waals surface area contributed by atoms with Gasteiger partial charge >= 0.3 is 0 Å². The highest BCUT2D eigenvalue weighted by molar-refractivity contribution is 6.18. The number of hydrogen-bond acceptors (Lipinski definition) is 3. The zero-order valence-corrected chi connectivity index (χ0v) is 11.1. The first-order chi connectivity index (χ1) is 8.09. The Morgan fingerprint density at radius 3 is 2.88 bits per heavy atom. The van der Waals surface area contributed by atoms with Crippen LogP contribution < -0.4 is 5.32 Å². The second-order valence-corrected chi connectivity index (χ2v) is 4.82. The van der Waals surface area contributed by atoms with E-state index in [1.807, 2.05) is 17.7 Å². The highest BCUT2D eigenvalue weighted by Crippen LogP contribution is 2.24. The van der Waals surface area contributed by atoms with Crippen molar-refractivity contribution in [3.05, 3.63) is 18.6 Å². The summed E-state index contributed by atoms with van der Waals surface area (Å²) in [5, 5.41) is 3.39. The Kier molecular flexibility index (Phi) is 3.24. The molecule has 1 unspecified atom stereocenters. The van der Waals surface area contributed by atoms with E-state index in [2.05, 4.69) is 29.1 Å². The van der Waals surface area contributed by atoms with Gasteiger partial charge in [0.2, 0.25) is 0 Å². The van der Waals surface area contributed by atoms with E-state index in [-0.39, 0.29) is 5.54 Å². The van der Waals surface area contributed by atoms with Gasteiger partial charge in [0.1, 0.15) is 5.52 Å². The minimum Gasteiger partial charge on any atom is -0.362 e. The van der Waals surface area contributed by atoms with Crippen LogP contribution >= 0.6 is 11.6 Å². The summed E-state index contributed by atoms with van der Waals surface area (Å²) in [5.41, 5.74) is 1.80. The number of imidazole rings is 1. The van der Waals surface area contributed by atoms with Crippen LogP contribution in [0.15, 0.2) is 18.6 Å². The molecule has 2 aromatic heterocycles. The smallest absolute Gasteiger partial charge is 0.154 e. The SMILES string of the molecule is CCC(C)(CCl)Nc1nccc2c1ncn2C. The van der Waals surface area contributed by atoms with Gasteiger partial charge in [0, 0.05) is 24.7 Å². The molecule has 2 rings (SSSR count). The molecule has 2 aromatic rings. The third kappa shape index (κ3) is 2.22. The van der Waals surface area contributed by atoms with E-state index in [0.29, 0.717) is 5.88 Å². The molecule has 0 bridgehead atoms. The van der Waals surface area contributed by atoms with Crippen molar-refractivity contribution in [2.45, 2.75) is 25.8 Å². The number of aromatic nitrogens is 3. The van der Waals surface area contributed by atoms with E-state index in [0.717, 1.165) is 23.3 Å². The first-order valence-corrected chi connectivity index (χ1v) is 6.23. The molecule has 0 fully saturated rings. The van der Waals surface area contributed by atoms with Crippen molar-refractivity contribution in [2.75, 3.05) is 11.2 Å². The fourth-order valence-corrected chi connectivity index (χ4v) is 1.91. The van der Waals surface area contributed by atoms with Gasteiger partial charge in [0.25, 0.3) is 0 Å². The van der Waals surface area contributed by atoms with Gasteiger partial charge in [-0.2, -0.15) is 0 Å². The summed E-state index contributed by atoms with van der Waals surface area (Å²) in [6, 6.07) is 1.96. The van der Waals surface area contributed by atoms with E-state index in [4.69, 9.17) is 11.6 Å². The lowest BCUT2D eigenvalue weighted by atomic mass is 10.0. The Labute approximate surface area is 106 Å². The number of nitrogens with one attached hydrogen (secondary N) is 1. The maximum atomic E-state index is 6.00. The average Bonchev–Trinajstić information content (AvgIpc) is 2.72. The molecule has 0 aliphatic rings. The second kappa shape index (κ2) is 4.53. The van der Waals surface area contributed by atoms with Gasteiger partial charge in [-0.25, -0.2) is 9.97 Å². The number of halogens is 1. The van der Waals surface area contributed by atoms with Gasteiger partial charge in [-0.05, 0) is 19.4 Å². The zero-order valence-electron chi connectivity index (χ0n) is 10.4. The Balaban J connectivity index is 2.42. The predicted octanol–water partition coefficient (Wildman–Crippen LogP) is 2.79. The fraction of sp³-hybridized carbons (Fsp3) is 0.500. The maximum absolute atomic E-state index is 6.00. The van der Waals surface area contributed by atoms with Crippen LogP contribution in [0.5, 0.6) is 0 Å². The van der Waals surface area contributed by atoms with Gasteiger partial charge in [-0.1, -0.05) is 6.92 Å². The summed E-state index contributed by atoms with van der Waals surface area (Å²) >= 11 is 6.00. The molecule has 0 saturated heterocycles. The summed E-state index contributed by atoms with van der Waals surface area (Å²) in [6.45, 7) is 4.19. The number of alkyl halides is 1. The van der Waals surface area contributed by atoms with Crippen molar-refractivity contribution in [3.8, 4) is 0 Å². The molecule has 1 atom stereocenters. The third-order valence-corrected chi connectivity index (χ3v) is 3.73. The lowest BCUT2D eigenvalue weighted by Gasteiger charge is -2.27. The van der Waals surface area contributed by atoms with E-state index in [9.17, 15) is 0 Å². The largest absolute Gasteiger partial charge is 0.362 e. The molecular weight excluding hydrogens is 236 g/mol. The Morgan fingerprint density at radius 1 is 1.47 bits per heavy atom. The molecule has 0 saturated carbocycles. The van der Waals surface area contributed by atoms with E-state index < -0.39 is 0 Å². The zero-order chi connectivity index (χ0) is 12.5. The molecule has 5 heteroatoms. The maximum Gasteiger partial charge on any atom is 0.154 e. The van der Waals surface area contributed by atoms with Gasteiger partial charge < -0.3 is 9.88 Å². The van der Waals surface area contributed by atoms with Crippen molar-refractivity contribution in [2.24, 2.45) is 7.05 Å². The highest BCUT2D eigenvalue weighted by atomic mass is 35.5. The fourth-order valence-electron chi connectivity index (χ4n) is 1.66. The molecular formula is C12H17ClN4. The van der Waals surface area contributed by atoms with Crippen LogP contribution in [-0.2, 0) is 7.05 Å². The van der Waals surface area contributed by atoms with Crippen molar-refractivity contribution >= 4 is 28.5 Å². The molecule has 1 N–H and O–H groups in total. The van der Waals surface area contributed by atoms with Crippen LogP contribution in [0.25, 0.3) is 11.0 Å². The topological polar surface area (TPSA) is 42.7 Å². The molecule has 0 spiro atoms. The van der Waals surface area contributed by atoms with Crippen LogP contribution in [-0.4, -0.2) is 26.0 Å². The Morgan fingerprint density at radius 2 is 2.24 bits per heavy atom. The molecule has 0 aliphatic heterocycles. The van der Waals surface area contributed by atoms with Crippen LogP contribution in [0.4, 0.5) is 5.82 Å². The van der Waals surface area contributed by atoms with E-state index >= 15 is 0 Å². The highest BCUT2D eigenvalue weighted by Gasteiger charge is 2.22. The number of nitrogens with zero attached hydrogens (tertiary/aromatic N) is 3. The summed E-state index contributed by atoms with van der Waals surface area (Å²) in [4.78, 5) is 8.72. The number of fused-ring (bicyclic) bond motifs is 1. The quantitative estimate of drug-likeness (QED) is 0.851. The standard InChI is InChI=1S/C12H17ClN4/c1-4-12(2,7-13)16-11-10-9(5-6-14-11)17(3)8-15-10/h5-6,8H,4,7H2,1-3H3,(H,14,16). The minimum atomic E-state index is -0.152. The molecule has 92 valence electrons. The number of aryl methyl sites for hydroxylation is 1. The summed E-state index contributed by atoms with van der Waals surface area (Å²) < 4.78 is 1.98. The van der Waals surface area contributed by atoms with Gasteiger partial charge in [0.15, 0.2) is 5.82 Å². The average molecular weight is 253 g/mol. The van der Waals surface area contributed by atoms with Crippen LogP contribution in [0, 0.1) is 0 Å². The monoisotopic (exact) mass is 252 g/mol. The van der Waals surface area contributed by atoms with Crippen molar-refractivity contribution < 1.29 is 0 Å². The second-order valence-electron chi connectivity index (χ2n) is 4.56. The summed E-state index contributed by atoms with van der Waals surface area (Å²) in [5.74, 6) is 1.34. The van der Waals surface area contributed by atoms with Gasteiger partial charge in [-0.15, -0.1) is 11.6 Å². The van der Waals surface area contributed by atoms with Crippen molar-refractivity contribution in [3.63, 3.8) is 0 Å². The molecule has 0 aromatic carbocycles. The van der Waals surface area contributed by atoms with Crippen LogP contribution in [0.1, 0.15) is 20.3 Å². The summed E-state index contributed by atoms with van der Waals surface area (Å²) in [6.07, 6.45) is 4.51. The number of pyridine rings is 1. The minimum absolute atomic E-state index is 0.152. The summed E-state index contributed by atoms with van der Waals surface area (Å²) in [7, 11) is 1.97. The van der Waals surface area contributed by atoms with Crippen molar-refractivity contribution in [1.29, 1.82) is 0 Å². The number of hydrogen-bond donors (Lipinski definition) is 1. The molecule has 0 amide bonds. The Hall–Kier alpha value is -1.29. The van der Waals surface area contributed by atoms with Gasteiger partial charge in [-0.3, -0.25) is 0 Å². The molecule has 0 aliphatic carbocycles. The number of anilines is 1. The number of rotatable bonds is 4. The molecule has 4 nitrogen and oxygen atoms in total. The predicted molar refractivity (Wildman–Crippen MR) is 71.5 cm³/mol. The first kappa shape index (κ1) is 12.2. The van der Waals surface area contributed by atoms with E-state index in [1.165, 1.54) is 0 Å². The first-order valence-electron chi connectivity index (χ1n) is 5.70. The van der Waals surface area contributed by atoms with Crippen LogP contribution in [0.2, 0.25) is 0 Å². The van der Waals surface area contributed by atoms with Crippen molar-refractivity contribution in [1.82, 2.24) is 14.5 Å². The molecule has 2 heterocycles. The molecule has 17 heavy (non-hydrogen) atoms. The van der Waals surface area contributed by atoms with E-state index in [1.54, 1.807) is 12.5 Å². The van der Waals surface area contributed by atoms with Crippen LogP contribution in [0.3, 0.4) is 0 Å². The third-order valence-electron chi connectivity index (χ3n) is 3.14. The van der Waals surface area contributed by atoms with Gasteiger partial charge in [0.05, 0.1) is 11.8 Å². The molecule has 0 radical (unpaired) electrons.